The molecule has 0 radical (unpaired) electrons. The Morgan fingerprint density at radius 3 is 2.96 bits per heavy atom. The van der Waals surface area contributed by atoms with E-state index in [-0.39, 0.29) is 11.9 Å². The van der Waals surface area contributed by atoms with Crippen molar-refractivity contribution < 1.29 is 9.53 Å². The second-order valence-electron chi connectivity index (χ2n) is 5.34. The number of halogens is 1. The number of benzene rings is 1. The standard InChI is InChI=1S/C17H18ClN3O2/c1-2-23-16-14(18)8-12(10-20-16)17(22)21-13(9-19)7-11-5-3-4-6-15(11)21/h3-6,8,10,13H,2,7,9,19H2,1H3. The minimum Gasteiger partial charge on any atom is -0.477 e. The number of carbonyl (C=O) groups excluding carboxylic acids is 1. The van der Waals surface area contributed by atoms with Crippen molar-refractivity contribution in [2.45, 2.75) is 19.4 Å². The largest absolute Gasteiger partial charge is 0.477 e. The number of hydrogen-bond acceptors (Lipinski definition) is 4. The van der Waals surface area contributed by atoms with Crippen LogP contribution in [0.5, 0.6) is 5.88 Å². The Hall–Kier alpha value is -2.11. The van der Waals surface area contributed by atoms with Gasteiger partial charge in [0.15, 0.2) is 0 Å². The van der Waals surface area contributed by atoms with Crippen LogP contribution in [0.3, 0.4) is 0 Å². The van der Waals surface area contributed by atoms with Gasteiger partial charge in [0, 0.05) is 18.4 Å². The Morgan fingerprint density at radius 1 is 1.48 bits per heavy atom. The van der Waals surface area contributed by atoms with Crippen LogP contribution in [0.2, 0.25) is 5.02 Å². The van der Waals surface area contributed by atoms with Gasteiger partial charge in [0.1, 0.15) is 5.02 Å². The number of amides is 1. The minimum atomic E-state index is -0.150. The monoisotopic (exact) mass is 331 g/mol. The van der Waals surface area contributed by atoms with E-state index in [1.807, 2.05) is 31.2 Å². The van der Waals surface area contributed by atoms with E-state index >= 15 is 0 Å². The van der Waals surface area contributed by atoms with Gasteiger partial charge in [-0.1, -0.05) is 29.8 Å². The second kappa shape index (κ2) is 6.56. The van der Waals surface area contributed by atoms with Crippen molar-refractivity contribution in [3.05, 3.63) is 52.7 Å². The molecule has 3 rings (SSSR count). The molecule has 120 valence electrons. The van der Waals surface area contributed by atoms with Crippen molar-refractivity contribution in [2.24, 2.45) is 5.73 Å². The molecular formula is C17H18ClN3O2. The van der Waals surface area contributed by atoms with E-state index in [2.05, 4.69) is 4.98 Å². The van der Waals surface area contributed by atoms with Crippen molar-refractivity contribution in [1.82, 2.24) is 4.98 Å². The molecule has 0 saturated carbocycles. The summed E-state index contributed by atoms with van der Waals surface area (Å²) in [7, 11) is 0. The number of nitrogens with two attached hydrogens (primary N) is 1. The van der Waals surface area contributed by atoms with Crippen LogP contribution in [0.25, 0.3) is 0 Å². The fourth-order valence-corrected chi connectivity index (χ4v) is 3.07. The number of hydrogen-bond donors (Lipinski definition) is 1. The van der Waals surface area contributed by atoms with E-state index in [1.165, 1.54) is 6.20 Å². The van der Waals surface area contributed by atoms with Crippen molar-refractivity contribution in [3.63, 3.8) is 0 Å². The highest BCUT2D eigenvalue weighted by Gasteiger charge is 2.33. The molecule has 1 atom stereocenters. The summed E-state index contributed by atoms with van der Waals surface area (Å²) < 4.78 is 5.31. The fourth-order valence-electron chi connectivity index (χ4n) is 2.85. The molecule has 0 bridgehead atoms. The predicted octanol–water partition coefficient (Wildman–Crippen LogP) is 2.66. The Bertz CT molecular complexity index is 736. The zero-order valence-corrected chi connectivity index (χ0v) is 13.6. The lowest BCUT2D eigenvalue weighted by atomic mass is 10.1. The molecule has 1 amide bonds. The first-order chi connectivity index (χ1) is 11.2. The first-order valence-corrected chi connectivity index (χ1v) is 7.93. The van der Waals surface area contributed by atoms with Gasteiger partial charge in [0.05, 0.1) is 18.2 Å². The summed E-state index contributed by atoms with van der Waals surface area (Å²) in [6.07, 6.45) is 2.25. The average Bonchev–Trinajstić information content (AvgIpc) is 2.94. The highest BCUT2D eigenvalue weighted by Crippen LogP contribution is 2.33. The van der Waals surface area contributed by atoms with E-state index in [0.29, 0.717) is 29.6 Å². The smallest absolute Gasteiger partial charge is 0.260 e. The third kappa shape index (κ3) is 2.90. The van der Waals surface area contributed by atoms with Crippen LogP contribution in [0, 0.1) is 0 Å². The number of fused-ring (bicyclic) bond motifs is 1. The lowest BCUT2D eigenvalue weighted by Gasteiger charge is -2.24. The molecule has 0 spiro atoms. The van der Waals surface area contributed by atoms with Crippen molar-refractivity contribution in [3.8, 4) is 5.88 Å². The van der Waals surface area contributed by atoms with E-state index in [9.17, 15) is 4.79 Å². The molecule has 5 nitrogen and oxygen atoms in total. The third-order valence-electron chi connectivity index (χ3n) is 3.90. The molecule has 0 fully saturated rings. The zero-order valence-electron chi connectivity index (χ0n) is 12.8. The molecule has 2 N–H and O–H groups in total. The Kier molecular flexibility index (Phi) is 4.50. The Morgan fingerprint density at radius 2 is 2.26 bits per heavy atom. The summed E-state index contributed by atoms with van der Waals surface area (Å²) >= 11 is 6.15. The summed E-state index contributed by atoms with van der Waals surface area (Å²) in [6.45, 7) is 2.72. The molecule has 2 heterocycles. The quantitative estimate of drug-likeness (QED) is 0.935. The number of rotatable bonds is 4. The highest BCUT2D eigenvalue weighted by atomic mass is 35.5. The second-order valence-corrected chi connectivity index (χ2v) is 5.75. The van der Waals surface area contributed by atoms with E-state index < -0.39 is 0 Å². The number of para-hydroxylation sites is 1. The van der Waals surface area contributed by atoms with Crippen LogP contribution < -0.4 is 15.4 Å². The third-order valence-corrected chi connectivity index (χ3v) is 4.17. The lowest BCUT2D eigenvalue weighted by molar-refractivity contribution is 0.0980. The number of carbonyl (C=O) groups is 1. The molecule has 0 aliphatic carbocycles. The number of pyridine rings is 1. The van der Waals surface area contributed by atoms with Gasteiger partial charge in [-0.3, -0.25) is 4.79 Å². The van der Waals surface area contributed by atoms with Crippen LogP contribution in [0.15, 0.2) is 36.5 Å². The van der Waals surface area contributed by atoms with E-state index in [1.54, 1.807) is 11.0 Å². The molecule has 0 saturated heterocycles. The van der Waals surface area contributed by atoms with Crippen molar-refractivity contribution in [2.75, 3.05) is 18.1 Å². The summed E-state index contributed by atoms with van der Waals surface area (Å²) in [5.74, 6) is 0.186. The maximum absolute atomic E-state index is 12.9. The Balaban J connectivity index is 1.94. The summed E-state index contributed by atoms with van der Waals surface area (Å²) in [5, 5.41) is 0.328. The van der Waals surface area contributed by atoms with Crippen LogP contribution >= 0.6 is 11.6 Å². The highest BCUT2D eigenvalue weighted by molar-refractivity contribution is 6.32. The molecular weight excluding hydrogens is 314 g/mol. The molecule has 23 heavy (non-hydrogen) atoms. The van der Waals surface area contributed by atoms with Crippen LogP contribution in [0.1, 0.15) is 22.8 Å². The maximum Gasteiger partial charge on any atom is 0.260 e. The predicted molar refractivity (Wildman–Crippen MR) is 90.2 cm³/mol. The summed E-state index contributed by atoms with van der Waals surface area (Å²) in [6, 6.07) is 9.39. The van der Waals surface area contributed by atoms with Gasteiger partial charge in [-0.15, -0.1) is 0 Å². The average molecular weight is 332 g/mol. The molecule has 1 aromatic carbocycles. The zero-order chi connectivity index (χ0) is 16.4. The number of nitrogens with zero attached hydrogens (tertiary/aromatic N) is 2. The van der Waals surface area contributed by atoms with Gasteiger partial charge in [-0.05, 0) is 31.0 Å². The molecule has 1 aromatic heterocycles. The number of aromatic nitrogens is 1. The van der Waals surface area contributed by atoms with Gasteiger partial charge >= 0.3 is 0 Å². The van der Waals surface area contributed by atoms with Crippen LogP contribution in [-0.4, -0.2) is 30.1 Å². The number of anilines is 1. The first kappa shape index (κ1) is 15.8. The number of ether oxygens (including phenoxy) is 1. The van der Waals surface area contributed by atoms with Gasteiger partial charge < -0.3 is 15.4 Å². The van der Waals surface area contributed by atoms with Gasteiger partial charge in [-0.2, -0.15) is 0 Å². The van der Waals surface area contributed by atoms with E-state index in [0.717, 1.165) is 17.7 Å². The normalized spacial score (nSPS) is 16.3. The Labute approximate surface area is 140 Å². The van der Waals surface area contributed by atoms with Gasteiger partial charge in [0.2, 0.25) is 5.88 Å². The summed E-state index contributed by atoms with van der Waals surface area (Å²) in [4.78, 5) is 18.8. The first-order valence-electron chi connectivity index (χ1n) is 7.55. The van der Waals surface area contributed by atoms with Gasteiger partial charge in [0.25, 0.3) is 5.91 Å². The SMILES string of the molecule is CCOc1ncc(C(=O)N2c3ccccc3CC2CN)cc1Cl. The molecule has 1 unspecified atom stereocenters. The topological polar surface area (TPSA) is 68.5 Å². The summed E-state index contributed by atoms with van der Waals surface area (Å²) in [5.41, 5.74) is 8.31. The van der Waals surface area contributed by atoms with Gasteiger partial charge in [-0.25, -0.2) is 4.98 Å². The van der Waals surface area contributed by atoms with Crippen molar-refractivity contribution in [1.29, 1.82) is 0 Å². The van der Waals surface area contributed by atoms with Crippen LogP contribution in [0.4, 0.5) is 5.69 Å². The maximum atomic E-state index is 12.9. The molecule has 6 heteroatoms. The van der Waals surface area contributed by atoms with E-state index in [4.69, 9.17) is 22.1 Å². The molecule has 2 aromatic rings. The minimum absolute atomic E-state index is 0.0507. The molecule has 1 aliphatic heterocycles. The van der Waals surface area contributed by atoms with Crippen molar-refractivity contribution >= 4 is 23.2 Å². The fraction of sp³-hybridized carbons (Fsp3) is 0.294. The lowest BCUT2D eigenvalue weighted by Crippen LogP contribution is -2.42. The van der Waals surface area contributed by atoms with Crippen LogP contribution in [-0.2, 0) is 6.42 Å². The molecule has 1 aliphatic rings.